The first-order valence-corrected chi connectivity index (χ1v) is 5.17. The van der Waals surface area contributed by atoms with Crippen molar-refractivity contribution < 1.29 is 4.79 Å². The van der Waals surface area contributed by atoms with Gasteiger partial charge in [0.15, 0.2) is 0 Å². The molecule has 0 radical (unpaired) electrons. The average Bonchev–Trinajstić information content (AvgIpc) is 2.79. The maximum atomic E-state index is 11.9. The predicted octanol–water partition coefficient (Wildman–Crippen LogP) is 0.406. The van der Waals surface area contributed by atoms with Gasteiger partial charge in [-0.05, 0) is 37.1 Å². The van der Waals surface area contributed by atoms with Gasteiger partial charge in [0.1, 0.15) is 5.54 Å². The van der Waals surface area contributed by atoms with Crippen molar-refractivity contribution in [3.8, 4) is 0 Å². The van der Waals surface area contributed by atoms with Gasteiger partial charge in [-0.15, -0.1) is 0 Å². The molecule has 4 heteroatoms. The fourth-order valence-corrected chi connectivity index (χ4v) is 2.16. The highest BCUT2D eigenvalue weighted by Gasteiger charge is 2.41. The number of carbonyl (C=O) groups is 1. The highest BCUT2D eigenvalue weighted by Crippen LogP contribution is 2.30. The van der Waals surface area contributed by atoms with Crippen LogP contribution in [0.4, 0.5) is 0 Å². The summed E-state index contributed by atoms with van der Waals surface area (Å²) in [5, 5.41) is 6.02. The van der Waals surface area contributed by atoms with E-state index in [-0.39, 0.29) is 5.91 Å². The number of likely N-dealkylation sites (N-methyl/N-ethyl adjacent to an activating group) is 1. The summed E-state index contributed by atoms with van der Waals surface area (Å²) in [4.78, 5) is 15.9. The fraction of sp³-hybridized carbons (Fsp3) is 0.455. The molecular formula is C11H15N3O. The normalized spacial score (nSPS) is 25.1. The van der Waals surface area contributed by atoms with Gasteiger partial charge in [0, 0.05) is 19.4 Å². The molecule has 1 aliphatic heterocycles. The summed E-state index contributed by atoms with van der Waals surface area (Å²) < 4.78 is 0. The molecule has 80 valence electrons. The molecule has 0 aromatic carbocycles. The van der Waals surface area contributed by atoms with Crippen LogP contribution in [0.5, 0.6) is 0 Å². The lowest BCUT2D eigenvalue weighted by atomic mass is 9.88. The lowest BCUT2D eigenvalue weighted by Crippen LogP contribution is -2.49. The largest absolute Gasteiger partial charge is 0.357 e. The van der Waals surface area contributed by atoms with Gasteiger partial charge in [0.05, 0.1) is 0 Å². The molecule has 1 aromatic rings. The van der Waals surface area contributed by atoms with Gasteiger partial charge < -0.3 is 5.32 Å². The molecule has 1 amide bonds. The SMILES string of the molecule is CNC(=O)C1(c2ccncc2)CCCN1. The van der Waals surface area contributed by atoms with E-state index in [1.54, 1.807) is 19.4 Å². The number of nitrogens with zero attached hydrogens (tertiary/aromatic N) is 1. The molecule has 0 aliphatic carbocycles. The van der Waals surface area contributed by atoms with E-state index in [1.807, 2.05) is 12.1 Å². The van der Waals surface area contributed by atoms with Crippen LogP contribution in [0.1, 0.15) is 18.4 Å². The van der Waals surface area contributed by atoms with Gasteiger partial charge in [-0.25, -0.2) is 0 Å². The van der Waals surface area contributed by atoms with Crippen LogP contribution in [0.25, 0.3) is 0 Å². The summed E-state index contributed by atoms with van der Waals surface area (Å²) in [6.07, 6.45) is 5.31. The summed E-state index contributed by atoms with van der Waals surface area (Å²) in [6.45, 7) is 0.885. The quantitative estimate of drug-likeness (QED) is 0.735. The number of hydrogen-bond donors (Lipinski definition) is 2. The van der Waals surface area contributed by atoms with Gasteiger partial charge in [-0.3, -0.25) is 15.1 Å². The van der Waals surface area contributed by atoms with Crippen LogP contribution in [-0.4, -0.2) is 24.5 Å². The number of aromatic nitrogens is 1. The van der Waals surface area contributed by atoms with Crippen molar-refractivity contribution in [2.75, 3.05) is 13.6 Å². The van der Waals surface area contributed by atoms with Crippen LogP contribution in [-0.2, 0) is 10.3 Å². The minimum Gasteiger partial charge on any atom is -0.357 e. The second kappa shape index (κ2) is 3.98. The molecule has 1 saturated heterocycles. The zero-order valence-electron chi connectivity index (χ0n) is 8.79. The van der Waals surface area contributed by atoms with Crippen molar-refractivity contribution in [1.29, 1.82) is 0 Å². The summed E-state index contributed by atoms with van der Waals surface area (Å²) in [5.41, 5.74) is 0.451. The Kier molecular flexibility index (Phi) is 2.68. The topological polar surface area (TPSA) is 54.0 Å². The van der Waals surface area contributed by atoms with Crippen LogP contribution >= 0.6 is 0 Å². The molecule has 1 atom stereocenters. The highest BCUT2D eigenvalue weighted by molar-refractivity contribution is 5.87. The third kappa shape index (κ3) is 1.61. The van der Waals surface area contributed by atoms with Crippen molar-refractivity contribution in [2.45, 2.75) is 18.4 Å². The summed E-state index contributed by atoms with van der Waals surface area (Å²) >= 11 is 0. The van der Waals surface area contributed by atoms with Crippen molar-refractivity contribution >= 4 is 5.91 Å². The Balaban J connectivity index is 2.39. The third-order valence-corrected chi connectivity index (χ3v) is 2.94. The lowest BCUT2D eigenvalue weighted by Gasteiger charge is -2.27. The maximum absolute atomic E-state index is 11.9. The van der Waals surface area contributed by atoms with Crippen LogP contribution in [0.2, 0.25) is 0 Å². The summed E-state index contributed by atoms with van der Waals surface area (Å²) in [7, 11) is 1.67. The van der Waals surface area contributed by atoms with Crippen LogP contribution in [0.15, 0.2) is 24.5 Å². The van der Waals surface area contributed by atoms with E-state index in [4.69, 9.17) is 0 Å². The maximum Gasteiger partial charge on any atom is 0.244 e. The Morgan fingerprint density at radius 3 is 2.80 bits per heavy atom. The van der Waals surface area contributed by atoms with Gasteiger partial charge in [-0.1, -0.05) is 0 Å². The van der Waals surface area contributed by atoms with Crippen LogP contribution in [0.3, 0.4) is 0 Å². The van der Waals surface area contributed by atoms with Crippen LogP contribution < -0.4 is 10.6 Å². The molecule has 0 saturated carbocycles. The van der Waals surface area contributed by atoms with Crippen molar-refractivity contribution in [2.24, 2.45) is 0 Å². The Labute approximate surface area is 89.1 Å². The Morgan fingerprint density at radius 1 is 1.53 bits per heavy atom. The Bertz CT molecular complexity index is 344. The van der Waals surface area contributed by atoms with Gasteiger partial charge >= 0.3 is 0 Å². The molecule has 1 aromatic heterocycles. The number of rotatable bonds is 2. The van der Waals surface area contributed by atoms with E-state index in [2.05, 4.69) is 15.6 Å². The number of pyridine rings is 1. The van der Waals surface area contributed by atoms with Crippen molar-refractivity contribution in [3.05, 3.63) is 30.1 Å². The molecule has 1 aliphatic rings. The average molecular weight is 205 g/mol. The fourth-order valence-electron chi connectivity index (χ4n) is 2.16. The first-order chi connectivity index (χ1) is 7.29. The first-order valence-electron chi connectivity index (χ1n) is 5.17. The zero-order chi connectivity index (χ0) is 10.7. The molecular weight excluding hydrogens is 190 g/mol. The molecule has 15 heavy (non-hydrogen) atoms. The number of amides is 1. The highest BCUT2D eigenvalue weighted by atomic mass is 16.2. The van der Waals surface area contributed by atoms with Gasteiger partial charge in [0.2, 0.25) is 5.91 Å². The number of nitrogens with one attached hydrogen (secondary N) is 2. The molecule has 1 unspecified atom stereocenters. The Hall–Kier alpha value is -1.42. The zero-order valence-corrected chi connectivity index (χ0v) is 8.79. The molecule has 2 heterocycles. The second-order valence-corrected chi connectivity index (χ2v) is 3.75. The minimum atomic E-state index is -0.544. The molecule has 1 fully saturated rings. The van der Waals surface area contributed by atoms with E-state index in [0.29, 0.717) is 0 Å². The lowest BCUT2D eigenvalue weighted by molar-refractivity contribution is -0.127. The predicted molar refractivity (Wildman–Crippen MR) is 57.2 cm³/mol. The van der Waals surface area contributed by atoms with Crippen molar-refractivity contribution in [1.82, 2.24) is 15.6 Å². The monoisotopic (exact) mass is 205 g/mol. The summed E-state index contributed by atoms with van der Waals surface area (Å²) in [6, 6.07) is 3.79. The molecule has 0 spiro atoms. The third-order valence-electron chi connectivity index (χ3n) is 2.94. The van der Waals surface area contributed by atoms with E-state index >= 15 is 0 Å². The molecule has 0 bridgehead atoms. The smallest absolute Gasteiger partial charge is 0.244 e. The number of carbonyl (C=O) groups excluding carboxylic acids is 1. The van der Waals surface area contributed by atoms with Gasteiger partial charge in [0.25, 0.3) is 0 Å². The standard InChI is InChI=1S/C11H15N3O/c1-12-10(15)11(5-2-6-14-11)9-3-7-13-8-4-9/h3-4,7-8,14H,2,5-6H2,1H3,(H,12,15). The van der Waals surface area contributed by atoms with Crippen molar-refractivity contribution in [3.63, 3.8) is 0 Å². The van der Waals surface area contributed by atoms with Gasteiger partial charge in [-0.2, -0.15) is 0 Å². The van der Waals surface area contributed by atoms with Crippen LogP contribution in [0, 0.1) is 0 Å². The molecule has 2 N–H and O–H groups in total. The first kappa shape index (κ1) is 10.1. The number of hydrogen-bond acceptors (Lipinski definition) is 3. The minimum absolute atomic E-state index is 0.0335. The second-order valence-electron chi connectivity index (χ2n) is 3.75. The van der Waals surface area contributed by atoms with E-state index in [9.17, 15) is 4.79 Å². The summed E-state index contributed by atoms with van der Waals surface area (Å²) in [5.74, 6) is 0.0335. The van der Waals surface area contributed by atoms with E-state index < -0.39 is 5.54 Å². The molecule has 4 nitrogen and oxygen atoms in total. The van der Waals surface area contributed by atoms with E-state index in [0.717, 1.165) is 24.9 Å². The Morgan fingerprint density at radius 2 is 2.27 bits per heavy atom. The molecule has 2 rings (SSSR count). The van der Waals surface area contributed by atoms with E-state index in [1.165, 1.54) is 0 Å².